The third-order valence-corrected chi connectivity index (χ3v) is 5.03. The van der Waals surface area contributed by atoms with Crippen molar-refractivity contribution in [1.82, 2.24) is 30.5 Å². The normalized spacial score (nSPS) is 13.4. The Morgan fingerprint density at radius 2 is 1.91 bits per heavy atom. The van der Waals surface area contributed by atoms with Crippen molar-refractivity contribution in [2.24, 2.45) is 0 Å². The highest BCUT2D eigenvalue weighted by Crippen LogP contribution is 2.20. The number of amides is 1. The monoisotopic (exact) mass is 429 g/mol. The molecule has 0 spiro atoms. The van der Waals surface area contributed by atoms with Crippen molar-refractivity contribution in [2.75, 3.05) is 24.5 Å². The number of benzene rings is 1. The predicted octanol–water partition coefficient (Wildman–Crippen LogP) is 1.01. The minimum Gasteiger partial charge on any atom is -0.470 e. The van der Waals surface area contributed by atoms with Crippen molar-refractivity contribution < 1.29 is 9.53 Å². The molecule has 11 nitrogen and oxygen atoms in total. The Morgan fingerprint density at radius 3 is 2.56 bits per heavy atom. The quantitative estimate of drug-likeness (QED) is 0.606. The third kappa shape index (κ3) is 4.32. The number of nitriles is 2. The van der Waals surface area contributed by atoms with Crippen LogP contribution in [0.1, 0.15) is 22.9 Å². The van der Waals surface area contributed by atoms with Crippen molar-refractivity contribution >= 4 is 11.7 Å². The van der Waals surface area contributed by atoms with Gasteiger partial charge in [0.25, 0.3) is 0 Å². The lowest BCUT2D eigenvalue weighted by Crippen LogP contribution is -2.48. The van der Waals surface area contributed by atoms with Crippen LogP contribution >= 0.6 is 0 Å². The number of anilines is 1. The van der Waals surface area contributed by atoms with Gasteiger partial charge in [-0.05, 0) is 30.7 Å². The van der Waals surface area contributed by atoms with Gasteiger partial charge in [-0.2, -0.15) is 10.5 Å². The Kier molecular flexibility index (Phi) is 5.90. The van der Waals surface area contributed by atoms with E-state index in [-0.39, 0.29) is 19.1 Å². The molecule has 0 saturated carbocycles. The first-order valence-corrected chi connectivity index (χ1v) is 9.88. The Balaban J connectivity index is 1.46. The Bertz CT molecular complexity index is 1180. The molecule has 4 rings (SSSR count). The summed E-state index contributed by atoms with van der Waals surface area (Å²) in [4.78, 5) is 13.4. The molecule has 160 valence electrons. The first-order chi connectivity index (χ1) is 15.6. The second-order valence-electron chi connectivity index (χ2n) is 7.11. The van der Waals surface area contributed by atoms with Crippen LogP contribution in [0.15, 0.2) is 36.4 Å². The number of piperazine rings is 1. The number of aromatic nitrogens is 5. The molecule has 1 amide bonds. The van der Waals surface area contributed by atoms with Crippen LogP contribution in [0.4, 0.5) is 5.82 Å². The van der Waals surface area contributed by atoms with Gasteiger partial charge in [0.15, 0.2) is 11.7 Å². The van der Waals surface area contributed by atoms with Crippen LogP contribution in [0.25, 0.3) is 5.69 Å². The molecule has 1 N–H and O–H groups in total. The zero-order chi connectivity index (χ0) is 22.5. The highest BCUT2D eigenvalue weighted by molar-refractivity contribution is 5.82. The number of hydrogen-bond acceptors (Lipinski definition) is 9. The number of aryl methyl sites for hydroxylation is 1. The number of nitrogens with one attached hydrogen (secondary N) is 1. The number of rotatable bonds is 6. The maximum Gasteiger partial charge on any atom is 0.239 e. The van der Waals surface area contributed by atoms with Gasteiger partial charge >= 0.3 is 0 Å². The fraction of sp³-hybridized carbons (Fsp3) is 0.286. The van der Waals surface area contributed by atoms with Crippen molar-refractivity contribution in [3.05, 3.63) is 53.3 Å². The minimum absolute atomic E-state index is 0.0431. The summed E-state index contributed by atoms with van der Waals surface area (Å²) in [6, 6.07) is 14.4. The summed E-state index contributed by atoms with van der Waals surface area (Å²) in [6.45, 7) is 3.49. The van der Waals surface area contributed by atoms with Gasteiger partial charge in [0.2, 0.25) is 11.8 Å². The van der Waals surface area contributed by atoms with Gasteiger partial charge in [-0.25, -0.2) is 4.68 Å². The first kappa shape index (κ1) is 20.8. The van der Waals surface area contributed by atoms with Gasteiger partial charge in [-0.1, -0.05) is 17.3 Å². The molecule has 11 heteroatoms. The lowest BCUT2D eigenvalue weighted by Gasteiger charge is -2.26. The molecule has 1 saturated heterocycles. The van der Waals surface area contributed by atoms with E-state index in [0.717, 1.165) is 11.4 Å². The number of nitrogens with zero attached hydrogens (tertiary/aromatic N) is 8. The van der Waals surface area contributed by atoms with Crippen LogP contribution in [0.5, 0.6) is 5.88 Å². The summed E-state index contributed by atoms with van der Waals surface area (Å²) < 4.78 is 7.44. The average molecular weight is 429 g/mol. The van der Waals surface area contributed by atoms with E-state index < -0.39 is 5.92 Å². The highest BCUT2D eigenvalue weighted by atomic mass is 16.5. The van der Waals surface area contributed by atoms with Crippen molar-refractivity contribution in [3.63, 3.8) is 0 Å². The molecule has 2 aromatic heterocycles. The first-order valence-electron chi connectivity index (χ1n) is 9.88. The third-order valence-electron chi connectivity index (χ3n) is 5.03. The number of carbonyl (C=O) groups excluding carboxylic acids is 1. The molecule has 0 aliphatic carbocycles. The highest BCUT2D eigenvalue weighted by Gasteiger charge is 2.18. The maximum atomic E-state index is 11.5. The van der Waals surface area contributed by atoms with Crippen LogP contribution in [0.3, 0.4) is 0 Å². The SMILES string of the molecule is Cc1nnn(-c2ccc(C(C#N)C#N)cc2)c1COc1ccc(N2CCNC(=O)C2)nn1. The standard InChI is InChI=1S/C21H19N9O2/c1-14-18(30(28-25-14)17-4-2-15(3-5-17)16(10-22)11-23)13-32-21-7-6-19(26-27-21)29-9-8-24-20(31)12-29/h2-7,16H,8-9,12-13H2,1H3,(H,24,31). The van der Waals surface area contributed by atoms with Gasteiger partial charge in [-0.15, -0.1) is 15.3 Å². The van der Waals surface area contributed by atoms with E-state index >= 15 is 0 Å². The van der Waals surface area contributed by atoms with E-state index in [1.54, 1.807) is 41.1 Å². The van der Waals surface area contributed by atoms with Gasteiger partial charge in [-0.3, -0.25) is 4.79 Å². The molecule has 3 aromatic rings. The summed E-state index contributed by atoms with van der Waals surface area (Å²) in [5, 5.41) is 37.4. The summed E-state index contributed by atoms with van der Waals surface area (Å²) in [5.74, 6) is 0.0930. The Morgan fingerprint density at radius 1 is 1.12 bits per heavy atom. The molecule has 1 aliphatic rings. The average Bonchev–Trinajstić information content (AvgIpc) is 3.19. The Hall–Kier alpha value is -4.51. The lowest BCUT2D eigenvalue weighted by molar-refractivity contribution is -0.120. The molecular weight excluding hydrogens is 410 g/mol. The van der Waals surface area contributed by atoms with Crippen LogP contribution in [0, 0.1) is 29.6 Å². The number of ether oxygens (including phenoxy) is 1. The zero-order valence-corrected chi connectivity index (χ0v) is 17.3. The van der Waals surface area contributed by atoms with Crippen LogP contribution in [-0.4, -0.2) is 50.7 Å². The predicted molar refractivity (Wildman–Crippen MR) is 112 cm³/mol. The van der Waals surface area contributed by atoms with E-state index in [9.17, 15) is 4.79 Å². The van der Waals surface area contributed by atoms with Crippen molar-refractivity contribution in [3.8, 4) is 23.7 Å². The number of hydrogen-bond donors (Lipinski definition) is 1. The molecule has 0 bridgehead atoms. The summed E-state index contributed by atoms with van der Waals surface area (Å²) in [5.41, 5.74) is 2.78. The molecule has 0 radical (unpaired) electrons. The van der Waals surface area contributed by atoms with Crippen molar-refractivity contribution in [2.45, 2.75) is 19.4 Å². The molecule has 32 heavy (non-hydrogen) atoms. The molecule has 1 fully saturated rings. The molecule has 3 heterocycles. The summed E-state index contributed by atoms with van der Waals surface area (Å²) in [6.07, 6.45) is 0. The van der Waals surface area contributed by atoms with E-state index in [1.165, 1.54) is 0 Å². The van der Waals surface area contributed by atoms with Gasteiger partial charge in [0.05, 0.1) is 30.1 Å². The molecule has 0 atom stereocenters. The largest absolute Gasteiger partial charge is 0.470 e. The van der Waals surface area contributed by atoms with Gasteiger partial charge in [0.1, 0.15) is 12.3 Å². The van der Waals surface area contributed by atoms with E-state index in [4.69, 9.17) is 15.3 Å². The van der Waals surface area contributed by atoms with E-state index in [0.29, 0.717) is 36.0 Å². The van der Waals surface area contributed by atoms with E-state index in [1.807, 2.05) is 24.0 Å². The van der Waals surface area contributed by atoms with E-state index in [2.05, 4.69) is 25.8 Å². The second-order valence-corrected chi connectivity index (χ2v) is 7.11. The molecular formula is C21H19N9O2. The number of carbonyl (C=O) groups is 1. The zero-order valence-electron chi connectivity index (χ0n) is 17.3. The van der Waals surface area contributed by atoms with Gasteiger partial charge < -0.3 is 15.0 Å². The summed E-state index contributed by atoms with van der Waals surface area (Å²) >= 11 is 0. The lowest BCUT2D eigenvalue weighted by atomic mass is 10.0. The maximum absolute atomic E-state index is 11.5. The fourth-order valence-corrected chi connectivity index (χ4v) is 3.27. The van der Waals surface area contributed by atoms with Gasteiger partial charge in [0, 0.05) is 19.2 Å². The van der Waals surface area contributed by atoms with Crippen molar-refractivity contribution in [1.29, 1.82) is 10.5 Å². The fourth-order valence-electron chi connectivity index (χ4n) is 3.27. The second kappa shape index (κ2) is 9.10. The van der Waals surface area contributed by atoms with Crippen LogP contribution < -0.4 is 15.0 Å². The van der Waals surface area contributed by atoms with Crippen LogP contribution in [-0.2, 0) is 11.4 Å². The topological polar surface area (TPSA) is 146 Å². The molecule has 1 aromatic carbocycles. The minimum atomic E-state index is -0.815. The molecule has 0 unspecified atom stereocenters. The van der Waals surface area contributed by atoms with Crippen LogP contribution in [0.2, 0.25) is 0 Å². The Labute approximate surface area is 183 Å². The summed E-state index contributed by atoms with van der Waals surface area (Å²) in [7, 11) is 0. The molecule has 1 aliphatic heterocycles. The smallest absolute Gasteiger partial charge is 0.239 e.